The summed E-state index contributed by atoms with van der Waals surface area (Å²) in [5, 5.41) is 0.697. The normalized spacial score (nSPS) is 17.0. The van der Waals surface area contributed by atoms with Crippen molar-refractivity contribution in [2.45, 2.75) is 76.1 Å². The summed E-state index contributed by atoms with van der Waals surface area (Å²) in [5.74, 6) is 0.852. The number of amides is 1. The summed E-state index contributed by atoms with van der Waals surface area (Å²) in [4.78, 5) is 30.0. The van der Waals surface area contributed by atoms with Gasteiger partial charge < -0.3 is 33.4 Å². The summed E-state index contributed by atoms with van der Waals surface area (Å²) in [6.07, 6.45) is 6.54. The molecule has 1 unspecified atom stereocenters. The number of piperidine rings is 1. The number of carbonyl (C=O) groups excluding carboxylic acids is 1. The number of H-pyrrole nitrogens is 1. The van der Waals surface area contributed by atoms with E-state index in [4.69, 9.17) is 18.9 Å². The third kappa shape index (κ3) is 8.09. The maximum Gasteiger partial charge on any atom is 0.410 e. The highest BCUT2D eigenvalue weighted by atomic mass is 32.2. The van der Waals surface area contributed by atoms with Gasteiger partial charge >= 0.3 is 6.09 Å². The van der Waals surface area contributed by atoms with Crippen LogP contribution >= 0.6 is 0 Å². The minimum Gasteiger partial charge on any atom is -0.487 e. The molecule has 3 heterocycles. The van der Waals surface area contributed by atoms with Crippen molar-refractivity contribution in [2.24, 2.45) is 13.0 Å². The first-order valence-electron chi connectivity index (χ1n) is 15.7. The molecule has 1 amide bonds. The molecule has 5 rings (SSSR count). The number of hydrogen-bond acceptors (Lipinski definition) is 8. The molecule has 1 N–H and O–H groups in total. The van der Waals surface area contributed by atoms with Gasteiger partial charge in [-0.25, -0.2) is 13.2 Å². The molecule has 0 bridgehead atoms. The van der Waals surface area contributed by atoms with E-state index in [-0.39, 0.29) is 34.5 Å². The summed E-state index contributed by atoms with van der Waals surface area (Å²) in [6.45, 7) is 9.62. The van der Waals surface area contributed by atoms with E-state index in [1.807, 2.05) is 26.8 Å². The van der Waals surface area contributed by atoms with E-state index < -0.39 is 15.4 Å². The average molecular weight is 644 g/mol. The fourth-order valence-corrected chi connectivity index (χ4v) is 6.47. The maximum absolute atomic E-state index is 12.8. The van der Waals surface area contributed by atoms with Gasteiger partial charge in [-0.05, 0) is 76.6 Å². The van der Waals surface area contributed by atoms with Gasteiger partial charge in [-0.1, -0.05) is 6.92 Å². The second-order valence-corrected chi connectivity index (χ2v) is 15.2. The zero-order valence-electron chi connectivity index (χ0n) is 26.8. The number of aryl methyl sites for hydroxylation is 1. The smallest absolute Gasteiger partial charge is 0.410 e. The van der Waals surface area contributed by atoms with Gasteiger partial charge in [-0.3, -0.25) is 4.79 Å². The molecule has 11 nitrogen and oxygen atoms in total. The van der Waals surface area contributed by atoms with Gasteiger partial charge in [0, 0.05) is 49.0 Å². The van der Waals surface area contributed by atoms with Gasteiger partial charge in [-0.2, -0.15) is 0 Å². The molecule has 3 aromatic rings. The van der Waals surface area contributed by atoms with Gasteiger partial charge in [-0.15, -0.1) is 0 Å². The Labute approximate surface area is 264 Å². The number of aromatic nitrogens is 2. The minimum absolute atomic E-state index is 0.0249. The van der Waals surface area contributed by atoms with Crippen molar-refractivity contribution in [1.82, 2.24) is 14.5 Å². The van der Waals surface area contributed by atoms with E-state index in [9.17, 15) is 18.0 Å². The van der Waals surface area contributed by atoms with Crippen molar-refractivity contribution < 1.29 is 32.2 Å². The number of nitrogens with one attached hydrogen (secondary N) is 1. The Bertz CT molecular complexity index is 1660. The highest BCUT2D eigenvalue weighted by molar-refractivity contribution is 7.91. The first kappa shape index (κ1) is 33.0. The van der Waals surface area contributed by atoms with Gasteiger partial charge in [0.25, 0.3) is 5.56 Å². The number of rotatable bonds is 12. The van der Waals surface area contributed by atoms with Crippen LogP contribution in [0, 0.1) is 5.92 Å². The predicted molar refractivity (Wildman–Crippen MR) is 171 cm³/mol. The van der Waals surface area contributed by atoms with Gasteiger partial charge in [0.1, 0.15) is 23.0 Å². The Morgan fingerprint density at radius 3 is 2.47 bits per heavy atom. The molecule has 1 aromatic carbocycles. The quantitative estimate of drug-likeness (QED) is 0.276. The molecule has 1 aliphatic carbocycles. The van der Waals surface area contributed by atoms with Crippen LogP contribution < -0.4 is 10.3 Å². The predicted octanol–water partition coefficient (Wildman–Crippen LogP) is 4.92. The van der Waals surface area contributed by atoms with Crippen LogP contribution in [0.2, 0.25) is 0 Å². The summed E-state index contributed by atoms with van der Waals surface area (Å²) >= 11 is 0. The van der Waals surface area contributed by atoms with E-state index in [1.165, 1.54) is 4.57 Å². The monoisotopic (exact) mass is 643 g/mol. The molecule has 1 atom stereocenters. The van der Waals surface area contributed by atoms with Crippen molar-refractivity contribution in [3.05, 3.63) is 47.0 Å². The molecule has 1 aliphatic heterocycles. The fourth-order valence-electron chi connectivity index (χ4n) is 5.57. The zero-order valence-corrected chi connectivity index (χ0v) is 27.7. The number of pyridine rings is 1. The van der Waals surface area contributed by atoms with Gasteiger partial charge in [0.15, 0.2) is 9.84 Å². The molecule has 2 aliphatic rings. The Morgan fingerprint density at radius 2 is 1.80 bits per heavy atom. The largest absolute Gasteiger partial charge is 0.487 e. The lowest BCUT2D eigenvalue weighted by molar-refractivity contribution is -0.0392. The number of carbonyl (C=O) groups is 1. The van der Waals surface area contributed by atoms with Crippen LogP contribution in [0.5, 0.6) is 5.75 Å². The third-order valence-electron chi connectivity index (χ3n) is 8.26. The molecule has 2 fully saturated rings. The van der Waals surface area contributed by atoms with Gasteiger partial charge in [0.05, 0.1) is 36.6 Å². The van der Waals surface area contributed by atoms with Crippen LogP contribution in [0.15, 0.2) is 46.3 Å². The van der Waals surface area contributed by atoms with Crippen LogP contribution in [0.1, 0.15) is 53.4 Å². The van der Waals surface area contributed by atoms with Crippen molar-refractivity contribution >= 4 is 26.8 Å². The maximum atomic E-state index is 12.8. The molecular weight excluding hydrogens is 598 g/mol. The molecular formula is C33H45N3O8S. The van der Waals surface area contributed by atoms with Crippen molar-refractivity contribution in [2.75, 3.05) is 38.7 Å². The Kier molecular flexibility index (Phi) is 9.95. The Balaban J connectivity index is 1.22. The second kappa shape index (κ2) is 13.6. The fraction of sp³-hybridized carbons (Fsp3) is 0.576. The molecule has 246 valence electrons. The summed E-state index contributed by atoms with van der Waals surface area (Å²) < 4.78 is 51.3. The molecule has 0 spiro atoms. The number of benzene rings is 1. The lowest BCUT2D eigenvalue weighted by Crippen LogP contribution is -2.43. The number of ether oxygens (including phenoxy) is 4. The Morgan fingerprint density at radius 1 is 1.07 bits per heavy atom. The highest BCUT2D eigenvalue weighted by Crippen LogP contribution is 2.40. The highest BCUT2D eigenvalue weighted by Gasteiger charge is 2.34. The van der Waals surface area contributed by atoms with Crippen molar-refractivity contribution in [3.63, 3.8) is 0 Å². The zero-order chi connectivity index (χ0) is 32.4. The van der Waals surface area contributed by atoms with Crippen LogP contribution in [0.4, 0.5) is 4.79 Å². The first-order valence-corrected chi connectivity index (χ1v) is 17.4. The van der Waals surface area contributed by atoms with E-state index in [2.05, 4.69) is 4.98 Å². The lowest BCUT2D eigenvalue weighted by Gasteiger charge is -2.33. The molecule has 45 heavy (non-hydrogen) atoms. The molecule has 1 saturated heterocycles. The SMILES string of the molecule is CCS(=O)(=O)c1ccc(OC(COCCOC2CCN(C(=O)OC(C)(C)C)CC2)C2CC2)c(-c2cn(C)c(=O)c3[nH]ccc23)c1. The Hall–Kier alpha value is -3.35. The lowest BCUT2D eigenvalue weighted by atomic mass is 10.0. The topological polar surface area (TPSA) is 129 Å². The van der Waals surface area contributed by atoms with E-state index >= 15 is 0 Å². The van der Waals surface area contributed by atoms with E-state index in [1.54, 1.807) is 49.5 Å². The second-order valence-electron chi connectivity index (χ2n) is 12.9. The van der Waals surface area contributed by atoms with E-state index in [0.29, 0.717) is 66.6 Å². The van der Waals surface area contributed by atoms with Crippen LogP contribution in [-0.4, -0.2) is 85.4 Å². The molecule has 2 aromatic heterocycles. The number of fused-ring (bicyclic) bond motifs is 1. The minimum atomic E-state index is -3.48. The number of nitrogens with zero attached hydrogens (tertiary/aromatic N) is 2. The third-order valence-corrected chi connectivity index (χ3v) is 9.99. The molecule has 0 radical (unpaired) electrons. The van der Waals surface area contributed by atoms with Crippen molar-refractivity contribution in [3.8, 4) is 16.9 Å². The number of sulfone groups is 1. The van der Waals surface area contributed by atoms with Crippen molar-refractivity contribution in [1.29, 1.82) is 0 Å². The summed E-state index contributed by atoms with van der Waals surface area (Å²) in [7, 11) is -1.80. The summed E-state index contributed by atoms with van der Waals surface area (Å²) in [5.41, 5.74) is 1.08. The molecule has 12 heteroatoms. The summed E-state index contributed by atoms with van der Waals surface area (Å²) in [6, 6.07) is 6.76. The van der Waals surface area contributed by atoms with Crippen LogP contribution in [-0.2, 0) is 31.1 Å². The first-order chi connectivity index (χ1) is 21.4. The standard InChI is InChI=1S/C33H45N3O8S/c1-6-45(39,40)24-9-10-28(26(19-24)27-20-35(5)31(37)30-25(27)11-14-34-30)43-29(22-7-8-22)21-41-17-18-42-23-12-15-36(16-13-23)32(38)44-33(2,3)4/h9-11,14,19-20,22-23,29,34H,6-8,12-13,15-18,21H2,1-5H3. The molecule has 1 saturated carbocycles. The number of hydrogen-bond donors (Lipinski definition) is 1. The van der Waals surface area contributed by atoms with Crippen LogP contribution in [0.3, 0.4) is 0 Å². The van der Waals surface area contributed by atoms with Gasteiger partial charge in [0.2, 0.25) is 0 Å². The van der Waals surface area contributed by atoms with E-state index in [0.717, 1.165) is 25.7 Å². The van der Waals surface area contributed by atoms with Crippen LogP contribution in [0.25, 0.3) is 22.0 Å². The number of likely N-dealkylation sites (tertiary alicyclic amines) is 1. The number of aromatic amines is 1. The average Bonchev–Trinajstić information content (AvgIpc) is 3.73.